The highest BCUT2D eigenvalue weighted by atomic mass is 32.2. The van der Waals surface area contributed by atoms with Crippen molar-refractivity contribution >= 4 is 16.0 Å². The highest BCUT2D eigenvalue weighted by Gasteiger charge is 2.35. The van der Waals surface area contributed by atoms with Crippen molar-refractivity contribution in [1.29, 1.82) is 0 Å². The highest BCUT2D eigenvalue weighted by Crippen LogP contribution is 2.12. The lowest BCUT2D eigenvalue weighted by Crippen LogP contribution is -2.52. The van der Waals surface area contributed by atoms with Crippen LogP contribution in [-0.4, -0.2) is 35.8 Å². The molecule has 0 fully saturated rings. The average Bonchev–Trinajstić information content (AvgIpc) is 2.37. The van der Waals surface area contributed by atoms with Gasteiger partial charge in [-0.1, -0.05) is 6.92 Å². The van der Waals surface area contributed by atoms with E-state index in [1.807, 2.05) is 0 Å². The number of hydrogen-bond acceptors (Lipinski definition) is 4. The van der Waals surface area contributed by atoms with Crippen molar-refractivity contribution in [2.24, 2.45) is 0 Å². The molecule has 0 aliphatic carbocycles. The number of nitrogens with one attached hydrogen (secondary N) is 1. The first-order valence-corrected chi connectivity index (χ1v) is 7.58. The normalized spacial score (nSPS) is 14.8. The second-order valence-corrected chi connectivity index (χ2v) is 6.36. The zero-order valence-electron chi connectivity index (χ0n) is 11.0. The van der Waals surface area contributed by atoms with E-state index in [1.165, 1.54) is 6.92 Å². The van der Waals surface area contributed by atoms with Gasteiger partial charge in [-0.05, 0) is 37.5 Å². The van der Waals surface area contributed by atoms with Crippen LogP contribution in [0, 0.1) is 0 Å². The molecule has 0 aliphatic rings. The molecule has 0 bridgehead atoms. The zero-order chi connectivity index (χ0) is 14.5. The van der Waals surface area contributed by atoms with E-state index >= 15 is 0 Å². The minimum Gasteiger partial charge on any atom is -0.480 e. The van der Waals surface area contributed by atoms with E-state index in [0.29, 0.717) is 6.42 Å². The van der Waals surface area contributed by atoms with Crippen molar-refractivity contribution in [3.63, 3.8) is 0 Å². The van der Waals surface area contributed by atoms with Crippen LogP contribution in [0.5, 0.6) is 0 Å². The molecule has 1 heterocycles. The maximum atomic E-state index is 11.9. The molecule has 1 rings (SSSR count). The molecule has 0 spiro atoms. The maximum Gasteiger partial charge on any atom is 0.324 e. The number of aromatic nitrogens is 1. The summed E-state index contributed by atoms with van der Waals surface area (Å²) in [4.78, 5) is 14.9. The van der Waals surface area contributed by atoms with E-state index in [4.69, 9.17) is 5.11 Å². The Morgan fingerprint density at radius 1 is 1.42 bits per heavy atom. The van der Waals surface area contributed by atoms with Crippen LogP contribution in [0.25, 0.3) is 0 Å². The van der Waals surface area contributed by atoms with Gasteiger partial charge in [-0.3, -0.25) is 9.78 Å². The van der Waals surface area contributed by atoms with Crippen molar-refractivity contribution < 1.29 is 18.3 Å². The van der Waals surface area contributed by atoms with Gasteiger partial charge < -0.3 is 5.11 Å². The number of hydrogen-bond donors (Lipinski definition) is 2. The third kappa shape index (κ3) is 4.60. The van der Waals surface area contributed by atoms with Crippen molar-refractivity contribution in [2.75, 3.05) is 5.75 Å². The van der Waals surface area contributed by atoms with Crippen LogP contribution in [0.2, 0.25) is 0 Å². The van der Waals surface area contributed by atoms with Crippen LogP contribution in [0.3, 0.4) is 0 Å². The number of carboxylic acid groups (broad SMARTS) is 1. The lowest BCUT2D eigenvalue weighted by molar-refractivity contribution is -0.143. The fraction of sp³-hybridized carbons (Fsp3) is 0.500. The molecule has 1 aromatic heterocycles. The molecule has 106 valence electrons. The van der Waals surface area contributed by atoms with Gasteiger partial charge in [0.15, 0.2) is 0 Å². The summed E-state index contributed by atoms with van der Waals surface area (Å²) in [5.74, 6) is -1.33. The number of pyridine rings is 1. The Morgan fingerprint density at radius 2 is 2.00 bits per heavy atom. The van der Waals surface area contributed by atoms with E-state index in [9.17, 15) is 13.2 Å². The topological polar surface area (TPSA) is 96.4 Å². The van der Waals surface area contributed by atoms with Crippen LogP contribution in [0.1, 0.15) is 25.8 Å². The molecule has 0 aliphatic heterocycles. The molecule has 1 aromatic rings. The van der Waals surface area contributed by atoms with Crippen LogP contribution >= 0.6 is 0 Å². The monoisotopic (exact) mass is 286 g/mol. The number of sulfonamides is 1. The summed E-state index contributed by atoms with van der Waals surface area (Å²) < 4.78 is 26.0. The quantitative estimate of drug-likeness (QED) is 0.772. The second kappa shape index (κ2) is 6.12. The summed E-state index contributed by atoms with van der Waals surface area (Å²) in [6.07, 6.45) is 3.67. The van der Waals surface area contributed by atoms with Crippen LogP contribution < -0.4 is 4.72 Å². The molecule has 0 saturated heterocycles. The fourth-order valence-electron chi connectivity index (χ4n) is 1.46. The van der Waals surface area contributed by atoms with Gasteiger partial charge in [-0.25, -0.2) is 8.42 Å². The average molecular weight is 286 g/mol. The molecular weight excluding hydrogens is 268 g/mol. The van der Waals surface area contributed by atoms with E-state index in [2.05, 4.69) is 9.71 Å². The fourth-order valence-corrected chi connectivity index (χ4v) is 2.99. The Hall–Kier alpha value is -1.47. The van der Waals surface area contributed by atoms with Gasteiger partial charge in [0.05, 0.1) is 5.75 Å². The number of aryl methyl sites for hydroxylation is 1. The number of aliphatic carboxylic acids is 1. The summed E-state index contributed by atoms with van der Waals surface area (Å²) in [5, 5.41) is 9.05. The van der Waals surface area contributed by atoms with Crippen molar-refractivity contribution in [3.05, 3.63) is 30.1 Å². The Balaban J connectivity index is 2.69. The van der Waals surface area contributed by atoms with Crippen LogP contribution in [0.4, 0.5) is 0 Å². The number of nitrogens with zero attached hydrogens (tertiary/aromatic N) is 1. The molecule has 7 heteroatoms. The summed E-state index contributed by atoms with van der Waals surface area (Å²) in [5.41, 5.74) is -0.620. The molecule has 19 heavy (non-hydrogen) atoms. The lowest BCUT2D eigenvalue weighted by Gasteiger charge is -2.24. The largest absolute Gasteiger partial charge is 0.480 e. The molecular formula is C12H18N2O4S. The summed E-state index contributed by atoms with van der Waals surface area (Å²) in [6.45, 7) is 2.98. The first-order valence-electron chi connectivity index (χ1n) is 5.93. The predicted molar refractivity (Wildman–Crippen MR) is 71.2 cm³/mol. The van der Waals surface area contributed by atoms with Gasteiger partial charge in [-0.15, -0.1) is 0 Å². The van der Waals surface area contributed by atoms with Gasteiger partial charge in [0.25, 0.3) is 0 Å². The van der Waals surface area contributed by atoms with Crippen molar-refractivity contribution in [1.82, 2.24) is 9.71 Å². The third-order valence-corrected chi connectivity index (χ3v) is 4.47. The zero-order valence-corrected chi connectivity index (χ0v) is 11.8. The standard InChI is InChI=1S/C12H18N2O4S/c1-3-12(2,11(15)16)14-19(17,18)9-6-10-4-7-13-8-5-10/h4-5,7-8,14H,3,6,9H2,1-2H3,(H,15,16). The van der Waals surface area contributed by atoms with E-state index in [-0.39, 0.29) is 12.2 Å². The van der Waals surface area contributed by atoms with E-state index in [1.54, 1.807) is 31.5 Å². The van der Waals surface area contributed by atoms with Gasteiger partial charge in [-0.2, -0.15) is 4.72 Å². The number of rotatable bonds is 7. The van der Waals surface area contributed by atoms with E-state index in [0.717, 1.165) is 5.56 Å². The molecule has 1 atom stereocenters. The van der Waals surface area contributed by atoms with Crippen molar-refractivity contribution in [3.8, 4) is 0 Å². The molecule has 2 N–H and O–H groups in total. The Labute approximate surface area is 112 Å². The Bertz CT molecular complexity index is 530. The van der Waals surface area contributed by atoms with Gasteiger partial charge >= 0.3 is 5.97 Å². The summed E-state index contributed by atoms with van der Waals surface area (Å²) >= 11 is 0. The van der Waals surface area contributed by atoms with Crippen LogP contribution in [-0.2, 0) is 21.2 Å². The highest BCUT2D eigenvalue weighted by molar-refractivity contribution is 7.89. The summed E-state index contributed by atoms with van der Waals surface area (Å²) in [6, 6.07) is 3.46. The van der Waals surface area contributed by atoms with Gasteiger partial charge in [0.2, 0.25) is 10.0 Å². The SMILES string of the molecule is CCC(C)(NS(=O)(=O)CCc1ccncc1)C(=O)O. The first kappa shape index (κ1) is 15.6. The molecule has 1 unspecified atom stereocenters. The molecule has 6 nitrogen and oxygen atoms in total. The van der Waals surface area contributed by atoms with Crippen LogP contribution in [0.15, 0.2) is 24.5 Å². The molecule has 0 amide bonds. The number of carbonyl (C=O) groups is 1. The summed E-state index contributed by atoms with van der Waals surface area (Å²) in [7, 11) is -3.65. The van der Waals surface area contributed by atoms with Crippen molar-refractivity contribution in [2.45, 2.75) is 32.2 Å². The Kier molecular flexibility index (Phi) is 5.02. The minimum atomic E-state index is -3.65. The second-order valence-electron chi connectivity index (χ2n) is 4.52. The third-order valence-electron chi connectivity index (χ3n) is 2.97. The van der Waals surface area contributed by atoms with Gasteiger partial charge in [0.1, 0.15) is 5.54 Å². The van der Waals surface area contributed by atoms with Gasteiger partial charge in [0, 0.05) is 12.4 Å². The number of carboxylic acids is 1. The molecule has 0 radical (unpaired) electrons. The van der Waals surface area contributed by atoms with E-state index < -0.39 is 21.5 Å². The first-order chi connectivity index (χ1) is 8.79. The maximum absolute atomic E-state index is 11.9. The molecule has 0 aromatic carbocycles. The Morgan fingerprint density at radius 3 is 2.47 bits per heavy atom. The smallest absolute Gasteiger partial charge is 0.324 e. The lowest BCUT2D eigenvalue weighted by atomic mass is 10.0. The minimum absolute atomic E-state index is 0.153. The molecule has 0 saturated carbocycles. The predicted octanol–water partition coefficient (Wildman–Crippen LogP) is 0.797.